The lowest BCUT2D eigenvalue weighted by atomic mass is 10.1. The summed E-state index contributed by atoms with van der Waals surface area (Å²) in [6.07, 6.45) is 1.32. The fraction of sp³-hybridized carbons (Fsp3) is 0.0952. The topological polar surface area (TPSA) is 73.3 Å². The SMILES string of the molecule is CC.Nc1cc(F)ccc1Sc1ccc2c(-c3c(Cl)cccc3Cl)c(=O)ncn2n1. The molecule has 0 aliphatic rings. The first kappa shape index (κ1) is 22.1. The molecule has 5 nitrogen and oxygen atoms in total. The quantitative estimate of drug-likeness (QED) is 0.380. The molecule has 0 amide bonds. The lowest BCUT2D eigenvalue weighted by molar-refractivity contribution is 0.627. The number of anilines is 1. The summed E-state index contributed by atoms with van der Waals surface area (Å²) in [6, 6.07) is 12.6. The summed E-state index contributed by atoms with van der Waals surface area (Å²) < 4.78 is 14.7. The first-order valence-corrected chi connectivity index (χ1v) is 10.6. The van der Waals surface area contributed by atoms with Crippen molar-refractivity contribution >= 4 is 46.2 Å². The molecule has 0 radical (unpaired) electrons. The van der Waals surface area contributed by atoms with E-state index in [2.05, 4.69) is 10.1 Å². The van der Waals surface area contributed by atoms with Crippen molar-refractivity contribution in [2.75, 3.05) is 5.73 Å². The zero-order valence-corrected chi connectivity index (χ0v) is 18.4. The van der Waals surface area contributed by atoms with Crippen molar-refractivity contribution in [1.82, 2.24) is 14.6 Å². The Balaban J connectivity index is 0.00000124. The van der Waals surface area contributed by atoms with Gasteiger partial charge < -0.3 is 5.73 Å². The van der Waals surface area contributed by atoms with Crippen LogP contribution < -0.4 is 11.3 Å². The van der Waals surface area contributed by atoms with E-state index in [1.165, 1.54) is 34.7 Å². The number of benzene rings is 2. The second kappa shape index (κ2) is 9.47. The van der Waals surface area contributed by atoms with Gasteiger partial charge in [-0.2, -0.15) is 10.1 Å². The van der Waals surface area contributed by atoms with Gasteiger partial charge in [-0.3, -0.25) is 4.79 Å². The fourth-order valence-corrected chi connectivity index (χ4v) is 4.13. The molecule has 0 bridgehead atoms. The van der Waals surface area contributed by atoms with E-state index in [0.29, 0.717) is 36.7 Å². The Morgan fingerprint density at radius 3 is 2.40 bits per heavy atom. The van der Waals surface area contributed by atoms with Gasteiger partial charge >= 0.3 is 0 Å². The van der Waals surface area contributed by atoms with E-state index < -0.39 is 11.4 Å². The third kappa shape index (κ3) is 4.43. The minimum absolute atomic E-state index is 0.267. The molecule has 0 saturated heterocycles. The van der Waals surface area contributed by atoms with Gasteiger partial charge in [-0.05, 0) is 42.5 Å². The Labute approximate surface area is 186 Å². The summed E-state index contributed by atoms with van der Waals surface area (Å²) in [5.41, 5.74) is 6.89. The molecule has 2 heterocycles. The molecule has 0 fully saturated rings. The Morgan fingerprint density at radius 2 is 1.73 bits per heavy atom. The van der Waals surface area contributed by atoms with Crippen LogP contribution in [0.1, 0.15) is 13.8 Å². The number of nitrogens with zero attached hydrogens (tertiary/aromatic N) is 3. The molecule has 9 heteroatoms. The zero-order chi connectivity index (χ0) is 21.8. The van der Waals surface area contributed by atoms with Crippen LogP contribution in [-0.4, -0.2) is 14.6 Å². The van der Waals surface area contributed by atoms with Crippen molar-refractivity contribution in [3.8, 4) is 11.1 Å². The summed E-state index contributed by atoms with van der Waals surface area (Å²) in [6.45, 7) is 4.00. The standard InChI is InChI=1S/C19H11Cl2FN4OS.C2H6/c20-11-2-1-3-12(21)17(11)18-14-5-7-16(25-26(14)9-24-19(18)27)28-15-6-4-10(22)8-13(15)23;1-2/h1-9H,23H2;1-2H3. The molecular weight excluding hydrogens is 446 g/mol. The summed E-state index contributed by atoms with van der Waals surface area (Å²) in [5, 5.41) is 5.74. The molecule has 2 N–H and O–H groups in total. The van der Waals surface area contributed by atoms with Gasteiger partial charge in [0.2, 0.25) is 0 Å². The molecule has 30 heavy (non-hydrogen) atoms. The van der Waals surface area contributed by atoms with E-state index in [4.69, 9.17) is 28.9 Å². The van der Waals surface area contributed by atoms with E-state index in [0.717, 1.165) is 0 Å². The maximum absolute atomic E-state index is 13.2. The van der Waals surface area contributed by atoms with Gasteiger partial charge in [0.05, 0.1) is 21.1 Å². The highest BCUT2D eigenvalue weighted by Crippen LogP contribution is 2.36. The minimum Gasteiger partial charge on any atom is -0.398 e. The Morgan fingerprint density at radius 1 is 1.03 bits per heavy atom. The van der Waals surface area contributed by atoms with Crippen LogP contribution in [0.25, 0.3) is 16.6 Å². The number of rotatable bonds is 3. The van der Waals surface area contributed by atoms with Gasteiger partial charge in [0, 0.05) is 16.1 Å². The van der Waals surface area contributed by atoms with E-state index in [9.17, 15) is 9.18 Å². The van der Waals surface area contributed by atoms with Crippen LogP contribution in [0.3, 0.4) is 0 Å². The van der Waals surface area contributed by atoms with Crippen LogP contribution in [0.15, 0.2) is 69.6 Å². The molecule has 2 aromatic carbocycles. The van der Waals surface area contributed by atoms with E-state index >= 15 is 0 Å². The number of nitrogen functional groups attached to an aromatic ring is 1. The molecule has 2 aromatic heterocycles. The molecule has 0 atom stereocenters. The summed E-state index contributed by atoms with van der Waals surface area (Å²) in [7, 11) is 0. The number of nitrogens with two attached hydrogens (primary N) is 1. The monoisotopic (exact) mass is 462 g/mol. The minimum atomic E-state index is -0.458. The predicted molar refractivity (Wildman–Crippen MR) is 121 cm³/mol. The summed E-state index contributed by atoms with van der Waals surface area (Å²) in [5.74, 6) is -0.406. The molecule has 0 spiro atoms. The Kier molecular flexibility index (Phi) is 6.97. The van der Waals surface area contributed by atoms with Crippen molar-refractivity contribution in [2.45, 2.75) is 23.8 Å². The molecular formula is C21H17Cl2FN4OS. The normalized spacial score (nSPS) is 10.6. The van der Waals surface area contributed by atoms with Crippen molar-refractivity contribution in [3.05, 3.63) is 81.1 Å². The molecule has 0 aliphatic heterocycles. The first-order valence-electron chi connectivity index (χ1n) is 9.00. The molecule has 4 aromatic rings. The van der Waals surface area contributed by atoms with Gasteiger partial charge in [-0.15, -0.1) is 0 Å². The maximum atomic E-state index is 13.2. The van der Waals surface area contributed by atoms with E-state index in [1.54, 1.807) is 36.4 Å². The molecule has 4 rings (SSSR count). The van der Waals surface area contributed by atoms with Crippen molar-refractivity contribution in [2.24, 2.45) is 0 Å². The van der Waals surface area contributed by atoms with Crippen LogP contribution in [0, 0.1) is 5.82 Å². The van der Waals surface area contributed by atoms with Gasteiger partial charge in [0.25, 0.3) is 5.56 Å². The summed E-state index contributed by atoms with van der Waals surface area (Å²) >= 11 is 13.8. The fourth-order valence-electron chi connectivity index (χ4n) is 2.74. The average molecular weight is 463 g/mol. The highest BCUT2D eigenvalue weighted by molar-refractivity contribution is 7.99. The third-order valence-corrected chi connectivity index (χ3v) is 5.64. The zero-order valence-electron chi connectivity index (χ0n) is 16.1. The lowest BCUT2D eigenvalue weighted by Gasteiger charge is -2.11. The predicted octanol–water partition coefficient (Wildman–Crippen LogP) is 5.96. The average Bonchev–Trinajstić information content (AvgIpc) is 2.73. The number of fused-ring (bicyclic) bond motifs is 1. The van der Waals surface area contributed by atoms with E-state index in [1.807, 2.05) is 13.8 Å². The van der Waals surface area contributed by atoms with Crippen LogP contribution in [0.5, 0.6) is 0 Å². The number of halogens is 3. The molecule has 0 saturated carbocycles. The highest BCUT2D eigenvalue weighted by Gasteiger charge is 2.17. The number of hydrogen-bond acceptors (Lipinski definition) is 5. The number of aromatic nitrogens is 3. The maximum Gasteiger partial charge on any atom is 0.281 e. The van der Waals surface area contributed by atoms with Crippen LogP contribution >= 0.6 is 35.0 Å². The van der Waals surface area contributed by atoms with Gasteiger partial charge in [-0.25, -0.2) is 8.91 Å². The Hall–Kier alpha value is -2.61. The van der Waals surface area contributed by atoms with Gasteiger partial charge in [-0.1, -0.05) is 54.9 Å². The lowest BCUT2D eigenvalue weighted by Crippen LogP contribution is -2.14. The third-order valence-electron chi connectivity index (χ3n) is 3.99. The largest absolute Gasteiger partial charge is 0.398 e. The van der Waals surface area contributed by atoms with E-state index in [-0.39, 0.29) is 5.56 Å². The molecule has 154 valence electrons. The van der Waals surface area contributed by atoms with Crippen LogP contribution in [-0.2, 0) is 0 Å². The molecule has 0 unspecified atom stereocenters. The molecule has 0 aliphatic carbocycles. The number of hydrogen-bond donors (Lipinski definition) is 1. The van der Waals surface area contributed by atoms with Crippen molar-refractivity contribution in [3.63, 3.8) is 0 Å². The van der Waals surface area contributed by atoms with Crippen molar-refractivity contribution in [1.29, 1.82) is 0 Å². The van der Waals surface area contributed by atoms with Crippen LogP contribution in [0.2, 0.25) is 10.0 Å². The Bertz CT molecular complexity index is 1260. The second-order valence-electron chi connectivity index (χ2n) is 5.81. The van der Waals surface area contributed by atoms with Gasteiger partial charge in [0.1, 0.15) is 17.2 Å². The highest BCUT2D eigenvalue weighted by atomic mass is 35.5. The van der Waals surface area contributed by atoms with Crippen LogP contribution in [0.4, 0.5) is 10.1 Å². The first-order chi connectivity index (χ1) is 14.4. The summed E-state index contributed by atoms with van der Waals surface area (Å²) in [4.78, 5) is 17.0. The van der Waals surface area contributed by atoms with Crippen molar-refractivity contribution < 1.29 is 4.39 Å². The second-order valence-corrected chi connectivity index (χ2v) is 7.68. The smallest absolute Gasteiger partial charge is 0.281 e. The van der Waals surface area contributed by atoms with Gasteiger partial charge in [0.15, 0.2) is 0 Å².